The molecule has 1 aromatic heterocycles. The molecule has 8 nitrogen and oxygen atoms in total. The number of pyridine rings is 1. The lowest BCUT2D eigenvalue weighted by atomic mass is 10.0. The van der Waals surface area contributed by atoms with Crippen molar-refractivity contribution in [1.82, 2.24) is 9.88 Å². The van der Waals surface area contributed by atoms with E-state index < -0.39 is 0 Å². The second-order valence-corrected chi connectivity index (χ2v) is 8.73. The molecule has 0 saturated carbocycles. The zero-order valence-electron chi connectivity index (χ0n) is 19.7. The number of rotatable bonds is 6. The molecule has 0 spiro atoms. The monoisotopic (exact) mass is 467 g/mol. The molecule has 2 aliphatic heterocycles. The van der Waals surface area contributed by atoms with E-state index in [0.29, 0.717) is 5.69 Å². The number of nitrogens with one attached hydrogen (secondary N) is 3. The van der Waals surface area contributed by atoms with Crippen LogP contribution in [-0.4, -0.2) is 61.5 Å². The second-order valence-electron chi connectivity index (χ2n) is 8.73. The van der Waals surface area contributed by atoms with E-state index >= 15 is 0 Å². The van der Waals surface area contributed by atoms with Crippen LogP contribution in [0.2, 0.25) is 0 Å². The normalized spacial score (nSPS) is 17.3. The summed E-state index contributed by atoms with van der Waals surface area (Å²) in [5, 5.41) is 9.74. The van der Waals surface area contributed by atoms with Crippen LogP contribution >= 0.6 is 0 Å². The maximum Gasteiger partial charge on any atom is 0.247 e. The van der Waals surface area contributed by atoms with Gasteiger partial charge in [0.2, 0.25) is 5.91 Å². The molecular weight excluding hydrogens is 438 g/mol. The molecule has 8 heteroatoms. The minimum atomic E-state index is -0.310. The molecule has 35 heavy (non-hydrogen) atoms. The largest absolute Gasteiger partial charge is 0.369 e. The number of aromatic nitrogens is 1. The van der Waals surface area contributed by atoms with Crippen molar-refractivity contribution in [2.45, 2.75) is 6.29 Å². The lowest BCUT2D eigenvalue weighted by molar-refractivity contribution is -0.111. The Balaban J connectivity index is 1.31. The Kier molecular flexibility index (Phi) is 6.45. The van der Waals surface area contributed by atoms with Gasteiger partial charge in [-0.1, -0.05) is 24.8 Å². The van der Waals surface area contributed by atoms with Crippen LogP contribution in [0.1, 0.15) is 5.56 Å². The summed E-state index contributed by atoms with van der Waals surface area (Å²) in [6, 6.07) is 16.5. The van der Waals surface area contributed by atoms with E-state index in [2.05, 4.69) is 73.6 Å². The third-order valence-electron chi connectivity index (χ3n) is 6.28. The molecule has 3 heterocycles. The van der Waals surface area contributed by atoms with Gasteiger partial charge in [0.05, 0.1) is 17.6 Å². The van der Waals surface area contributed by atoms with Gasteiger partial charge in [0.1, 0.15) is 0 Å². The topological polar surface area (TPSA) is 84.9 Å². The minimum Gasteiger partial charge on any atom is -0.369 e. The molecule has 3 aromatic rings. The molecule has 1 fully saturated rings. The molecule has 2 aliphatic rings. The predicted octanol–water partition coefficient (Wildman–Crippen LogP) is 3.87. The van der Waals surface area contributed by atoms with Crippen LogP contribution in [0, 0.1) is 0 Å². The molecular formula is C27H29N7O. The maximum absolute atomic E-state index is 11.7. The minimum absolute atomic E-state index is 0.271. The number of para-hydroxylation sites is 1. The van der Waals surface area contributed by atoms with Gasteiger partial charge in [-0.3, -0.25) is 9.78 Å². The van der Waals surface area contributed by atoms with Crippen LogP contribution < -0.4 is 20.9 Å². The van der Waals surface area contributed by atoms with E-state index in [-0.39, 0.29) is 12.2 Å². The smallest absolute Gasteiger partial charge is 0.247 e. The van der Waals surface area contributed by atoms with Crippen molar-refractivity contribution >= 4 is 34.9 Å². The van der Waals surface area contributed by atoms with Crippen molar-refractivity contribution in [3.63, 3.8) is 0 Å². The summed E-state index contributed by atoms with van der Waals surface area (Å²) in [6.07, 6.45) is 6.21. The van der Waals surface area contributed by atoms with Crippen molar-refractivity contribution < 1.29 is 4.79 Å². The van der Waals surface area contributed by atoms with E-state index in [9.17, 15) is 4.79 Å². The van der Waals surface area contributed by atoms with E-state index in [1.165, 1.54) is 11.8 Å². The van der Waals surface area contributed by atoms with E-state index in [4.69, 9.17) is 0 Å². The number of anilines is 4. The standard InChI is InChI=1S/C27H29N7O/c1-3-25(35)30-22-15-20(16-28-18-22)24-6-4-5-19-17-29-27(32-26(19)24)31-21-7-9-23(10-8-21)34-13-11-33(2)12-14-34/h3-10,15-18,27,31-32H,1,11-14H2,2H3,(H,30,35). The first-order chi connectivity index (χ1) is 17.1. The number of amides is 1. The SMILES string of the molecule is C=CC(=O)Nc1cncc(-c2cccc3c2NC(Nc2ccc(N4CCN(C)CC4)cc2)N=C3)c1. The van der Waals surface area contributed by atoms with Gasteiger partial charge in [-0.2, -0.15) is 0 Å². The van der Waals surface area contributed by atoms with Crippen LogP contribution in [0.5, 0.6) is 0 Å². The summed E-state index contributed by atoms with van der Waals surface area (Å²) in [4.78, 5) is 25.4. The number of hydrogen-bond donors (Lipinski definition) is 3. The molecule has 178 valence electrons. The molecule has 0 radical (unpaired) electrons. The lowest BCUT2D eigenvalue weighted by Crippen LogP contribution is -2.44. The summed E-state index contributed by atoms with van der Waals surface area (Å²) in [7, 11) is 2.17. The van der Waals surface area contributed by atoms with Gasteiger partial charge in [0.25, 0.3) is 0 Å². The van der Waals surface area contributed by atoms with Crippen molar-refractivity contribution in [1.29, 1.82) is 0 Å². The fourth-order valence-corrected chi connectivity index (χ4v) is 4.32. The zero-order valence-corrected chi connectivity index (χ0v) is 19.7. The Morgan fingerprint density at radius 3 is 2.66 bits per heavy atom. The van der Waals surface area contributed by atoms with E-state index in [1.54, 1.807) is 12.4 Å². The van der Waals surface area contributed by atoms with Gasteiger partial charge >= 0.3 is 0 Å². The first kappa shape index (κ1) is 22.6. The third kappa shape index (κ3) is 5.17. The number of aliphatic imine (C=N–C) groups is 1. The summed E-state index contributed by atoms with van der Waals surface area (Å²) in [5.74, 6) is -0.271. The Morgan fingerprint density at radius 1 is 1.09 bits per heavy atom. The summed E-state index contributed by atoms with van der Waals surface area (Å²) < 4.78 is 0. The third-order valence-corrected chi connectivity index (χ3v) is 6.28. The lowest BCUT2D eigenvalue weighted by Gasteiger charge is -2.34. The molecule has 0 aliphatic carbocycles. The first-order valence-electron chi connectivity index (χ1n) is 11.7. The average Bonchev–Trinajstić information content (AvgIpc) is 2.89. The van der Waals surface area contributed by atoms with Gasteiger partial charge in [-0.15, -0.1) is 0 Å². The number of likely N-dealkylation sites (N-methyl/N-ethyl adjacent to an activating group) is 1. The summed E-state index contributed by atoms with van der Waals surface area (Å²) in [5.41, 5.74) is 6.68. The van der Waals surface area contributed by atoms with Gasteiger partial charge in [0.15, 0.2) is 6.29 Å². The number of benzene rings is 2. The molecule has 1 amide bonds. The van der Waals surface area contributed by atoms with Crippen molar-refractivity contribution in [3.8, 4) is 11.1 Å². The molecule has 1 atom stereocenters. The van der Waals surface area contributed by atoms with Crippen LogP contribution in [0.3, 0.4) is 0 Å². The number of carbonyl (C=O) groups excluding carboxylic acids is 1. The Hall–Kier alpha value is -4.17. The molecule has 1 unspecified atom stereocenters. The molecule has 2 aromatic carbocycles. The highest BCUT2D eigenvalue weighted by Crippen LogP contribution is 2.33. The summed E-state index contributed by atoms with van der Waals surface area (Å²) >= 11 is 0. The molecule has 1 saturated heterocycles. The summed E-state index contributed by atoms with van der Waals surface area (Å²) in [6.45, 7) is 7.76. The number of carbonyl (C=O) groups is 1. The number of fused-ring (bicyclic) bond motifs is 1. The van der Waals surface area contributed by atoms with Crippen LogP contribution in [-0.2, 0) is 4.79 Å². The average molecular weight is 468 g/mol. The van der Waals surface area contributed by atoms with E-state index in [1.807, 2.05) is 30.5 Å². The molecule has 0 bridgehead atoms. The van der Waals surface area contributed by atoms with Crippen LogP contribution in [0.4, 0.5) is 22.7 Å². The highest BCUT2D eigenvalue weighted by molar-refractivity contribution is 6.00. The number of piperazine rings is 1. The van der Waals surface area contributed by atoms with Crippen molar-refractivity contribution in [2.24, 2.45) is 4.99 Å². The number of hydrogen-bond acceptors (Lipinski definition) is 7. The van der Waals surface area contributed by atoms with Crippen molar-refractivity contribution in [3.05, 3.63) is 79.1 Å². The quantitative estimate of drug-likeness (QED) is 0.478. The first-order valence-corrected chi connectivity index (χ1v) is 11.7. The number of nitrogens with zero attached hydrogens (tertiary/aromatic N) is 4. The highest BCUT2D eigenvalue weighted by Gasteiger charge is 2.19. The maximum atomic E-state index is 11.7. The van der Waals surface area contributed by atoms with Gasteiger partial charge in [0, 0.05) is 66.7 Å². The zero-order chi connectivity index (χ0) is 24.2. The molecule has 5 rings (SSSR count). The fourth-order valence-electron chi connectivity index (χ4n) is 4.32. The molecule has 3 N–H and O–H groups in total. The fraction of sp³-hybridized carbons (Fsp3) is 0.222. The van der Waals surface area contributed by atoms with Crippen molar-refractivity contribution in [2.75, 3.05) is 54.1 Å². The van der Waals surface area contributed by atoms with E-state index in [0.717, 1.165) is 54.2 Å². The van der Waals surface area contributed by atoms with Gasteiger partial charge in [-0.25, -0.2) is 4.99 Å². The van der Waals surface area contributed by atoms with Crippen LogP contribution in [0.25, 0.3) is 11.1 Å². The Bertz CT molecular complexity index is 1250. The van der Waals surface area contributed by atoms with Crippen LogP contribution in [0.15, 0.2) is 78.6 Å². The van der Waals surface area contributed by atoms with Gasteiger partial charge < -0.3 is 25.8 Å². The Labute approximate surface area is 205 Å². The predicted molar refractivity (Wildman–Crippen MR) is 143 cm³/mol. The second kappa shape index (κ2) is 9.99. The highest BCUT2D eigenvalue weighted by atomic mass is 16.1. The van der Waals surface area contributed by atoms with Gasteiger partial charge in [-0.05, 0) is 43.5 Å². The Morgan fingerprint density at radius 2 is 1.89 bits per heavy atom.